The highest BCUT2D eigenvalue weighted by Gasteiger charge is 2.27. The minimum absolute atomic E-state index is 0.241. The van der Waals surface area contributed by atoms with Gasteiger partial charge in [0.15, 0.2) is 5.75 Å². The van der Waals surface area contributed by atoms with E-state index < -0.39 is 6.10 Å². The van der Waals surface area contributed by atoms with Gasteiger partial charge in [-0.15, -0.1) is 0 Å². The van der Waals surface area contributed by atoms with Gasteiger partial charge in [-0.25, -0.2) is 0 Å². The fourth-order valence-electron chi connectivity index (χ4n) is 2.40. The van der Waals surface area contributed by atoms with Crippen molar-refractivity contribution < 1.29 is 9.84 Å². The third-order valence-electron chi connectivity index (χ3n) is 3.60. The highest BCUT2D eigenvalue weighted by Crippen LogP contribution is 2.37. The third kappa shape index (κ3) is 2.46. The van der Waals surface area contributed by atoms with E-state index in [9.17, 15) is 5.11 Å². The summed E-state index contributed by atoms with van der Waals surface area (Å²) in [5, 5.41) is 14.6. The zero-order valence-corrected chi connectivity index (χ0v) is 10.9. The molecule has 0 aliphatic heterocycles. The average molecular weight is 238 g/mol. The number of aromatic nitrogens is 2. The predicted octanol–water partition coefficient (Wildman–Crippen LogP) is 2.70. The molecule has 1 aromatic rings. The molecule has 0 spiro atoms. The SMILES string of the molecule is COc1cnn(C(C)C)c1C(O)CC1CCC1. The van der Waals surface area contributed by atoms with E-state index in [2.05, 4.69) is 18.9 Å². The normalized spacial score (nSPS) is 18.2. The molecule has 1 heterocycles. The first-order valence-electron chi connectivity index (χ1n) is 6.43. The van der Waals surface area contributed by atoms with Crippen molar-refractivity contribution >= 4 is 0 Å². The van der Waals surface area contributed by atoms with Crippen LogP contribution in [0, 0.1) is 5.92 Å². The van der Waals surface area contributed by atoms with E-state index in [0.29, 0.717) is 11.7 Å². The first kappa shape index (κ1) is 12.4. The maximum Gasteiger partial charge on any atom is 0.162 e. The number of hydrogen-bond donors (Lipinski definition) is 1. The van der Waals surface area contributed by atoms with Crippen LogP contribution in [0.5, 0.6) is 5.75 Å². The summed E-state index contributed by atoms with van der Waals surface area (Å²) in [5.74, 6) is 1.37. The highest BCUT2D eigenvalue weighted by atomic mass is 16.5. The van der Waals surface area contributed by atoms with Crippen LogP contribution in [0.2, 0.25) is 0 Å². The number of aliphatic hydroxyl groups is 1. The molecule has 0 radical (unpaired) electrons. The standard InChI is InChI=1S/C13H22N2O2/c1-9(2)15-13(12(17-3)8-14-15)11(16)7-10-5-4-6-10/h8-11,16H,4-7H2,1-3H3. The molecule has 1 unspecified atom stereocenters. The van der Waals surface area contributed by atoms with Crippen LogP contribution in [0.25, 0.3) is 0 Å². The number of aliphatic hydroxyl groups excluding tert-OH is 1. The van der Waals surface area contributed by atoms with E-state index in [0.717, 1.165) is 12.1 Å². The molecule has 0 amide bonds. The molecule has 1 aromatic heterocycles. The summed E-state index contributed by atoms with van der Waals surface area (Å²) in [6.45, 7) is 4.12. The Kier molecular flexibility index (Phi) is 3.72. The zero-order chi connectivity index (χ0) is 12.4. The fraction of sp³-hybridized carbons (Fsp3) is 0.769. The number of ether oxygens (including phenoxy) is 1. The average Bonchev–Trinajstić information content (AvgIpc) is 2.66. The molecular formula is C13H22N2O2. The van der Waals surface area contributed by atoms with Crippen molar-refractivity contribution in [2.24, 2.45) is 5.92 Å². The fourth-order valence-corrected chi connectivity index (χ4v) is 2.40. The van der Waals surface area contributed by atoms with Crippen molar-refractivity contribution in [3.8, 4) is 5.75 Å². The summed E-state index contributed by atoms with van der Waals surface area (Å²) in [4.78, 5) is 0. The van der Waals surface area contributed by atoms with E-state index in [1.807, 2.05) is 4.68 Å². The van der Waals surface area contributed by atoms with Crippen molar-refractivity contribution in [3.63, 3.8) is 0 Å². The van der Waals surface area contributed by atoms with E-state index in [1.54, 1.807) is 13.3 Å². The van der Waals surface area contributed by atoms with Crippen molar-refractivity contribution in [2.45, 2.75) is 51.7 Å². The van der Waals surface area contributed by atoms with Crippen LogP contribution < -0.4 is 4.74 Å². The monoisotopic (exact) mass is 238 g/mol. The molecule has 4 nitrogen and oxygen atoms in total. The van der Waals surface area contributed by atoms with Crippen LogP contribution in [-0.2, 0) is 0 Å². The molecule has 2 rings (SSSR count). The van der Waals surface area contributed by atoms with E-state index in [-0.39, 0.29) is 6.04 Å². The molecule has 1 aliphatic carbocycles. The topological polar surface area (TPSA) is 47.3 Å². The molecule has 0 saturated heterocycles. The summed E-state index contributed by atoms with van der Waals surface area (Å²) >= 11 is 0. The largest absolute Gasteiger partial charge is 0.493 e. The Labute approximate surface area is 103 Å². The van der Waals surface area contributed by atoms with Crippen molar-refractivity contribution in [1.29, 1.82) is 0 Å². The number of methoxy groups -OCH3 is 1. The van der Waals surface area contributed by atoms with Gasteiger partial charge in [-0.2, -0.15) is 5.10 Å². The summed E-state index contributed by atoms with van der Waals surface area (Å²) < 4.78 is 7.15. The molecule has 0 bridgehead atoms. The Balaban J connectivity index is 2.17. The Morgan fingerprint density at radius 3 is 2.71 bits per heavy atom. The number of rotatable bonds is 5. The molecule has 1 aliphatic rings. The molecule has 0 aromatic carbocycles. The molecular weight excluding hydrogens is 216 g/mol. The van der Waals surface area contributed by atoms with Crippen molar-refractivity contribution in [3.05, 3.63) is 11.9 Å². The number of hydrogen-bond acceptors (Lipinski definition) is 3. The van der Waals surface area contributed by atoms with Gasteiger partial charge in [-0.3, -0.25) is 4.68 Å². The van der Waals surface area contributed by atoms with Gasteiger partial charge in [0.1, 0.15) is 5.69 Å². The lowest BCUT2D eigenvalue weighted by Crippen LogP contribution is -2.18. The van der Waals surface area contributed by atoms with Crippen LogP contribution in [-0.4, -0.2) is 22.0 Å². The Bertz CT molecular complexity index is 369. The Hall–Kier alpha value is -1.03. The minimum atomic E-state index is -0.458. The van der Waals surface area contributed by atoms with Gasteiger partial charge in [-0.1, -0.05) is 19.3 Å². The summed E-state index contributed by atoms with van der Waals surface area (Å²) in [7, 11) is 1.63. The summed E-state index contributed by atoms with van der Waals surface area (Å²) in [5.41, 5.74) is 0.828. The smallest absolute Gasteiger partial charge is 0.162 e. The highest BCUT2D eigenvalue weighted by molar-refractivity contribution is 5.27. The molecule has 96 valence electrons. The van der Waals surface area contributed by atoms with Gasteiger partial charge in [0.25, 0.3) is 0 Å². The lowest BCUT2D eigenvalue weighted by Gasteiger charge is -2.28. The van der Waals surface area contributed by atoms with Gasteiger partial charge in [0.05, 0.1) is 19.4 Å². The van der Waals surface area contributed by atoms with Gasteiger partial charge in [-0.05, 0) is 26.2 Å². The van der Waals surface area contributed by atoms with Gasteiger partial charge < -0.3 is 9.84 Å². The molecule has 1 atom stereocenters. The molecule has 1 saturated carbocycles. The first-order valence-corrected chi connectivity index (χ1v) is 6.43. The second-order valence-corrected chi connectivity index (χ2v) is 5.18. The van der Waals surface area contributed by atoms with Crippen LogP contribution in [0.4, 0.5) is 0 Å². The minimum Gasteiger partial charge on any atom is -0.493 e. The van der Waals surface area contributed by atoms with Gasteiger partial charge in [0.2, 0.25) is 0 Å². The van der Waals surface area contributed by atoms with E-state index in [4.69, 9.17) is 4.74 Å². The lowest BCUT2D eigenvalue weighted by atomic mass is 9.81. The maximum atomic E-state index is 10.3. The van der Waals surface area contributed by atoms with Gasteiger partial charge in [0, 0.05) is 6.04 Å². The maximum absolute atomic E-state index is 10.3. The summed E-state index contributed by atoms with van der Waals surface area (Å²) in [6.07, 6.45) is 5.86. The zero-order valence-electron chi connectivity index (χ0n) is 10.9. The first-order chi connectivity index (χ1) is 8.13. The summed E-state index contributed by atoms with van der Waals surface area (Å²) in [6, 6.07) is 0.241. The third-order valence-corrected chi connectivity index (χ3v) is 3.60. The second kappa shape index (κ2) is 5.08. The van der Waals surface area contributed by atoms with Crippen LogP contribution in [0.3, 0.4) is 0 Å². The quantitative estimate of drug-likeness (QED) is 0.858. The van der Waals surface area contributed by atoms with Crippen LogP contribution >= 0.6 is 0 Å². The van der Waals surface area contributed by atoms with Crippen molar-refractivity contribution in [1.82, 2.24) is 9.78 Å². The van der Waals surface area contributed by atoms with Crippen molar-refractivity contribution in [2.75, 3.05) is 7.11 Å². The molecule has 4 heteroatoms. The molecule has 1 N–H and O–H groups in total. The van der Waals surface area contributed by atoms with Crippen LogP contribution in [0.15, 0.2) is 6.20 Å². The molecule has 17 heavy (non-hydrogen) atoms. The van der Waals surface area contributed by atoms with Gasteiger partial charge >= 0.3 is 0 Å². The van der Waals surface area contributed by atoms with E-state index >= 15 is 0 Å². The Morgan fingerprint density at radius 2 is 2.24 bits per heavy atom. The second-order valence-electron chi connectivity index (χ2n) is 5.18. The Morgan fingerprint density at radius 1 is 1.53 bits per heavy atom. The number of nitrogens with zero attached hydrogens (tertiary/aromatic N) is 2. The van der Waals surface area contributed by atoms with E-state index in [1.165, 1.54) is 19.3 Å². The lowest BCUT2D eigenvalue weighted by molar-refractivity contribution is 0.106. The molecule has 1 fully saturated rings. The predicted molar refractivity (Wildman–Crippen MR) is 66.1 cm³/mol. The van der Waals surface area contributed by atoms with Crippen LogP contribution in [0.1, 0.15) is 57.4 Å².